The van der Waals surface area contributed by atoms with Crippen LogP contribution in [0.15, 0.2) is 0 Å². The van der Waals surface area contributed by atoms with Gasteiger partial charge in [-0.05, 0) is 39.0 Å². The summed E-state index contributed by atoms with van der Waals surface area (Å²) < 4.78 is 0. The molecule has 1 rings (SSSR count). The second kappa shape index (κ2) is 5.50. The highest BCUT2D eigenvalue weighted by molar-refractivity contribution is 5.78. The van der Waals surface area contributed by atoms with E-state index in [2.05, 4.69) is 31.4 Å². The molecular weight excluding hydrogens is 188 g/mol. The zero-order chi connectivity index (χ0) is 11.3. The lowest BCUT2D eigenvalue weighted by Crippen LogP contribution is -2.52. The zero-order valence-corrected chi connectivity index (χ0v) is 10.2. The molecule has 0 unspecified atom stereocenters. The third kappa shape index (κ3) is 3.82. The van der Waals surface area contributed by atoms with Crippen molar-refractivity contribution in [1.82, 2.24) is 10.6 Å². The first-order valence-corrected chi connectivity index (χ1v) is 6.14. The van der Waals surface area contributed by atoms with E-state index in [0.29, 0.717) is 12.6 Å². The van der Waals surface area contributed by atoms with Crippen LogP contribution in [0.1, 0.15) is 52.9 Å². The van der Waals surface area contributed by atoms with Crippen molar-refractivity contribution < 1.29 is 4.79 Å². The fourth-order valence-corrected chi connectivity index (χ4v) is 1.95. The number of carbonyl (C=O) groups is 1. The van der Waals surface area contributed by atoms with Crippen molar-refractivity contribution in [1.29, 1.82) is 0 Å². The van der Waals surface area contributed by atoms with Gasteiger partial charge in [0.1, 0.15) is 0 Å². The molecule has 3 nitrogen and oxygen atoms in total. The summed E-state index contributed by atoms with van der Waals surface area (Å²) in [6.45, 7) is 6.87. The summed E-state index contributed by atoms with van der Waals surface area (Å²) >= 11 is 0. The lowest BCUT2D eigenvalue weighted by atomic mass is 9.78. The Kier molecular flexibility index (Phi) is 4.58. The number of nitrogens with one attached hydrogen (secondary N) is 2. The maximum Gasteiger partial charge on any atom is 0.234 e. The largest absolute Gasteiger partial charge is 0.352 e. The maximum atomic E-state index is 11.6. The van der Waals surface area contributed by atoms with Gasteiger partial charge in [0.2, 0.25) is 5.91 Å². The summed E-state index contributed by atoms with van der Waals surface area (Å²) in [6.07, 6.45) is 5.72. The minimum atomic E-state index is 0.136. The molecule has 0 saturated heterocycles. The Morgan fingerprint density at radius 1 is 1.33 bits per heavy atom. The smallest absolute Gasteiger partial charge is 0.234 e. The van der Waals surface area contributed by atoms with Gasteiger partial charge < -0.3 is 10.6 Å². The minimum Gasteiger partial charge on any atom is -0.352 e. The van der Waals surface area contributed by atoms with Gasteiger partial charge in [0.25, 0.3) is 0 Å². The normalized spacial score (nSPS) is 18.7. The molecule has 1 aliphatic rings. The molecule has 0 bridgehead atoms. The van der Waals surface area contributed by atoms with Gasteiger partial charge >= 0.3 is 0 Å². The van der Waals surface area contributed by atoms with Crippen LogP contribution < -0.4 is 10.6 Å². The molecule has 88 valence electrons. The van der Waals surface area contributed by atoms with Crippen LogP contribution in [0.4, 0.5) is 0 Å². The molecule has 0 aromatic carbocycles. The molecule has 1 saturated carbocycles. The average molecular weight is 212 g/mol. The number of hydrogen-bond acceptors (Lipinski definition) is 2. The molecule has 0 aliphatic heterocycles. The monoisotopic (exact) mass is 212 g/mol. The number of hydrogen-bond donors (Lipinski definition) is 2. The third-order valence-corrected chi connectivity index (χ3v) is 3.48. The Balaban J connectivity index is 2.18. The number of amides is 1. The van der Waals surface area contributed by atoms with Crippen molar-refractivity contribution in [3.05, 3.63) is 0 Å². The van der Waals surface area contributed by atoms with Crippen LogP contribution in [-0.4, -0.2) is 24.0 Å². The molecule has 3 heteroatoms. The number of carbonyl (C=O) groups excluding carboxylic acids is 1. The Morgan fingerprint density at radius 3 is 2.33 bits per heavy atom. The van der Waals surface area contributed by atoms with E-state index in [1.807, 2.05) is 0 Å². The van der Waals surface area contributed by atoms with E-state index >= 15 is 0 Å². The summed E-state index contributed by atoms with van der Waals surface area (Å²) in [5, 5.41) is 6.37. The van der Waals surface area contributed by atoms with Crippen LogP contribution in [-0.2, 0) is 4.79 Å². The van der Waals surface area contributed by atoms with Gasteiger partial charge in [-0.3, -0.25) is 4.79 Å². The van der Waals surface area contributed by atoms with Crippen molar-refractivity contribution in [3.8, 4) is 0 Å². The molecule has 0 heterocycles. The predicted molar refractivity (Wildman–Crippen MR) is 62.8 cm³/mol. The van der Waals surface area contributed by atoms with E-state index in [-0.39, 0.29) is 11.4 Å². The van der Waals surface area contributed by atoms with Gasteiger partial charge in [-0.25, -0.2) is 0 Å². The highest BCUT2D eigenvalue weighted by Gasteiger charge is 2.31. The van der Waals surface area contributed by atoms with E-state index < -0.39 is 0 Å². The van der Waals surface area contributed by atoms with Crippen molar-refractivity contribution in [2.75, 3.05) is 6.54 Å². The summed E-state index contributed by atoms with van der Waals surface area (Å²) in [7, 11) is 0. The first kappa shape index (κ1) is 12.5. The highest BCUT2D eigenvalue weighted by atomic mass is 16.2. The van der Waals surface area contributed by atoms with Crippen LogP contribution in [0, 0.1) is 0 Å². The van der Waals surface area contributed by atoms with Gasteiger partial charge in [0.05, 0.1) is 6.54 Å². The van der Waals surface area contributed by atoms with Crippen molar-refractivity contribution >= 4 is 5.91 Å². The Morgan fingerprint density at radius 2 is 1.93 bits per heavy atom. The second-order valence-corrected chi connectivity index (χ2v) is 4.85. The van der Waals surface area contributed by atoms with E-state index in [1.165, 1.54) is 19.3 Å². The van der Waals surface area contributed by atoms with Crippen LogP contribution in [0.25, 0.3) is 0 Å². The van der Waals surface area contributed by atoms with Crippen LogP contribution in [0.3, 0.4) is 0 Å². The summed E-state index contributed by atoms with van der Waals surface area (Å²) in [6, 6.07) is 0.341. The first-order chi connectivity index (χ1) is 7.09. The first-order valence-electron chi connectivity index (χ1n) is 6.14. The van der Waals surface area contributed by atoms with E-state index in [0.717, 1.165) is 12.8 Å². The van der Waals surface area contributed by atoms with Gasteiger partial charge in [-0.2, -0.15) is 0 Å². The van der Waals surface area contributed by atoms with Crippen molar-refractivity contribution in [2.24, 2.45) is 0 Å². The van der Waals surface area contributed by atoms with Crippen LogP contribution in [0.5, 0.6) is 0 Å². The van der Waals surface area contributed by atoms with E-state index in [4.69, 9.17) is 0 Å². The average Bonchev–Trinajstić information content (AvgIpc) is 2.20. The van der Waals surface area contributed by atoms with Gasteiger partial charge in [-0.15, -0.1) is 0 Å². The third-order valence-electron chi connectivity index (χ3n) is 3.48. The lowest BCUT2D eigenvalue weighted by molar-refractivity contribution is -0.121. The van der Waals surface area contributed by atoms with Crippen LogP contribution in [0.2, 0.25) is 0 Å². The standard InChI is InChI=1S/C12H24N2O/c1-4-10(5-2)14-11(15)9-13-12(3)7-6-8-12/h10,13H,4-9H2,1-3H3,(H,14,15). The molecule has 0 aromatic rings. The van der Waals surface area contributed by atoms with Gasteiger partial charge in [0, 0.05) is 11.6 Å². The quantitative estimate of drug-likeness (QED) is 0.705. The summed E-state index contributed by atoms with van der Waals surface area (Å²) in [4.78, 5) is 11.6. The van der Waals surface area contributed by atoms with Crippen molar-refractivity contribution in [3.63, 3.8) is 0 Å². The van der Waals surface area contributed by atoms with E-state index in [1.54, 1.807) is 0 Å². The molecule has 2 N–H and O–H groups in total. The second-order valence-electron chi connectivity index (χ2n) is 4.85. The zero-order valence-electron chi connectivity index (χ0n) is 10.2. The highest BCUT2D eigenvalue weighted by Crippen LogP contribution is 2.30. The Hall–Kier alpha value is -0.570. The fraction of sp³-hybridized carbons (Fsp3) is 0.917. The Bertz CT molecular complexity index is 208. The fourth-order valence-electron chi connectivity index (χ4n) is 1.95. The van der Waals surface area contributed by atoms with E-state index in [9.17, 15) is 4.79 Å². The summed E-state index contributed by atoms with van der Waals surface area (Å²) in [5.74, 6) is 0.136. The number of rotatable bonds is 6. The van der Waals surface area contributed by atoms with Gasteiger partial charge in [-0.1, -0.05) is 13.8 Å². The molecule has 0 aromatic heterocycles. The SMILES string of the molecule is CCC(CC)NC(=O)CNC1(C)CCC1. The molecular formula is C12H24N2O. The van der Waals surface area contributed by atoms with Crippen molar-refractivity contribution in [2.45, 2.75) is 64.5 Å². The maximum absolute atomic E-state index is 11.6. The molecule has 1 aliphatic carbocycles. The van der Waals surface area contributed by atoms with Gasteiger partial charge in [0.15, 0.2) is 0 Å². The molecule has 0 atom stereocenters. The summed E-state index contributed by atoms with van der Waals surface area (Å²) in [5.41, 5.74) is 0.227. The molecule has 0 spiro atoms. The van der Waals surface area contributed by atoms with Crippen LogP contribution >= 0.6 is 0 Å². The molecule has 1 amide bonds. The topological polar surface area (TPSA) is 41.1 Å². The molecule has 1 fully saturated rings. The molecule has 0 radical (unpaired) electrons. The molecule has 15 heavy (non-hydrogen) atoms. The Labute approximate surface area is 93.0 Å². The predicted octanol–water partition coefficient (Wildman–Crippen LogP) is 1.82. The lowest BCUT2D eigenvalue weighted by Gasteiger charge is -2.39. The minimum absolute atomic E-state index is 0.136.